The first kappa shape index (κ1) is 9.84. The van der Waals surface area contributed by atoms with Crippen LogP contribution in [-0.2, 0) is 7.05 Å². The van der Waals surface area contributed by atoms with Crippen LogP contribution in [0.3, 0.4) is 0 Å². The predicted molar refractivity (Wildman–Crippen MR) is 65.0 cm³/mol. The molecule has 0 bridgehead atoms. The molecule has 0 aliphatic carbocycles. The van der Waals surface area contributed by atoms with Crippen LogP contribution in [0.5, 0.6) is 11.6 Å². The Morgan fingerprint density at radius 2 is 1.88 bits per heavy atom. The highest BCUT2D eigenvalue weighted by atomic mass is 16.5. The number of aryl methyl sites for hydroxylation is 1. The number of fused-ring (bicyclic) bond motifs is 1. The van der Waals surface area contributed by atoms with Gasteiger partial charge >= 0.3 is 0 Å². The molecule has 3 rings (SSSR count). The van der Waals surface area contributed by atoms with Crippen LogP contribution in [0.25, 0.3) is 11.2 Å². The predicted octanol–water partition coefficient (Wildman–Crippen LogP) is 2.76. The molecule has 0 atom stereocenters. The summed E-state index contributed by atoms with van der Waals surface area (Å²) in [6, 6.07) is 13.3. The molecular weight excluding hydrogens is 214 g/mol. The zero-order valence-electron chi connectivity index (χ0n) is 9.37. The van der Waals surface area contributed by atoms with E-state index in [-0.39, 0.29) is 0 Å². The fourth-order valence-corrected chi connectivity index (χ4v) is 1.65. The van der Waals surface area contributed by atoms with E-state index in [1.807, 2.05) is 54.1 Å². The summed E-state index contributed by atoms with van der Waals surface area (Å²) >= 11 is 0. The van der Waals surface area contributed by atoms with E-state index in [4.69, 9.17) is 4.74 Å². The van der Waals surface area contributed by atoms with E-state index in [0.717, 1.165) is 16.9 Å². The highest BCUT2D eigenvalue weighted by Crippen LogP contribution is 2.21. The molecule has 0 saturated heterocycles. The molecule has 1 aromatic carbocycles. The third-order valence-corrected chi connectivity index (χ3v) is 2.50. The lowest BCUT2D eigenvalue weighted by molar-refractivity contribution is 0.464. The minimum atomic E-state index is 0.576. The Kier molecular flexibility index (Phi) is 2.26. The van der Waals surface area contributed by atoms with E-state index in [2.05, 4.69) is 9.97 Å². The second-order valence-corrected chi connectivity index (χ2v) is 3.76. The average molecular weight is 225 g/mol. The Labute approximate surface area is 98.5 Å². The SMILES string of the molecule is Cn1cnc2ccc(Oc3ccccc3)nc21. The quantitative estimate of drug-likeness (QED) is 0.673. The zero-order chi connectivity index (χ0) is 11.7. The van der Waals surface area contributed by atoms with Crippen LogP contribution in [0.1, 0.15) is 0 Å². The van der Waals surface area contributed by atoms with Gasteiger partial charge in [-0.05, 0) is 18.2 Å². The van der Waals surface area contributed by atoms with Gasteiger partial charge in [-0.2, -0.15) is 4.98 Å². The largest absolute Gasteiger partial charge is 0.439 e. The summed E-state index contributed by atoms with van der Waals surface area (Å²) in [7, 11) is 1.91. The first-order valence-corrected chi connectivity index (χ1v) is 5.34. The maximum Gasteiger partial charge on any atom is 0.221 e. The van der Waals surface area contributed by atoms with Crippen LogP contribution >= 0.6 is 0 Å². The van der Waals surface area contributed by atoms with Gasteiger partial charge in [0.15, 0.2) is 5.65 Å². The summed E-state index contributed by atoms with van der Waals surface area (Å²) < 4.78 is 7.53. The molecule has 0 radical (unpaired) electrons. The van der Waals surface area contributed by atoms with Gasteiger partial charge in [0.05, 0.1) is 6.33 Å². The van der Waals surface area contributed by atoms with Crippen LogP contribution < -0.4 is 4.74 Å². The van der Waals surface area contributed by atoms with E-state index < -0.39 is 0 Å². The van der Waals surface area contributed by atoms with Gasteiger partial charge in [0, 0.05) is 13.1 Å². The fourth-order valence-electron chi connectivity index (χ4n) is 1.65. The highest BCUT2D eigenvalue weighted by Gasteiger charge is 2.04. The van der Waals surface area contributed by atoms with Gasteiger partial charge in [0.1, 0.15) is 11.3 Å². The number of hydrogen-bond donors (Lipinski definition) is 0. The normalized spacial score (nSPS) is 10.6. The Hall–Kier alpha value is -2.36. The highest BCUT2D eigenvalue weighted by molar-refractivity contribution is 5.71. The second kappa shape index (κ2) is 3.90. The third-order valence-electron chi connectivity index (χ3n) is 2.50. The molecule has 0 amide bonds. The van der Waals surface area contributed by atoms with Gasteiger partial charge in [-0.25, -0.2) is 4.98 Å². The average Bonchev–Trinajstić information content (AvgIpc) is 2.73. The van der Waals surface area contributed by atoms with Crippen LogP contribution in [0.2, 0.25) is 0 Å². The van der Waals surface area contributed by atoms with Crippen molar-refractivity contribution < 1.29 is 4.74 Å². The van der Waals surface area contributed by atoms with Crippen LogP contribution in [0, 0.1) is 0 Å². The third kappa shape index (κ3) is 1.85. The summed E-state index contributed by atoms with van der Waals surface area (Å²) in [5, 5.41) is 0. The van der Waals surface area contributed by atoms with Crippen molar-refractivity contribution >= 4 is 11.2 Å². The summed E-state index contributed by atoms with van der Waals surface area (Å²) in [5.41, 5.74) is 1.69. The summed E-state index contributed by atoms with van der Waals surface area (Å²) in [6.07, 6.45) is 1.74. The van der Waals surface area contributed by atoms with Gasteiger partial charge in [0.2, 0.25) is 5.88 Å². The molecule has 4 heteroatoms. The molecule has 3 aromatic rings. The Bertz CT molecular complexity index is 646. The van der Waals surface area contributed by atoms with E-state index >= 15 is 0 Å². The van der Waals surface area contributed by atoms with Crippen LogP contribution in [-0.4, -0.2) is 14.5 Å². The number of aromatic nitrogens is 3. The smallest absolute Gasteiger partial charge is 0.221 e. The number of nitrogens with zero attached hydrogens (tertiary/aromatic N) is 3. The van der Waals surface area contributed by atoms with Gasteiger partial charge < -0.3 is 9.30 Å². The van der Waals surface area contributed by atoms with Gasteiger partial charge in [-0.3, -0.25) is 0 Å². The van der Waals surface area contributed by atoms with E-state index in [9.17, 15) is 0 Å². The van der Waals surface area contributed by atoms with E-state index in [0.29, 0.717) is 5.88 Å². The maximum atomic E-state index is 5.66. The molecule has 84 valence electrons. The first-order valence-electron chi connectivity index (χ1n) is 5.34. The van der Waals surface area contributed by atoms with Gasteiger partial charge in [-0.1, -0.05) is 18.2 Å². The van der Waals surface area contributed by atoms with Gasteiger partial charge in [-0.15, -0.1) is 0 Å². The number of imidazole rings is 1. The molecule has 0 aliphatic heterocycles. The lowest BCUT2D eigenvalue weighted by Gasteiger charge is -2.04. The van der Waals surface area contributed by atoms with Crippen LogP contribution in [0.4, 0.5) is 0 Å². The van der Waals surface area contributed by atoms with Crippen molar-refractivity contribution in [1.82, 2.24) is 14.5 Å². The lowest BCUT2D eigenvalue weighted by atomic mass is 10.3. The fraction of sp³-hybridized carbons (Fsp3) is 0.0769. The van der Waals surface area contributed by atoms with E-state index in [1.54, 1.807) is 6.33 Å². The topological polar surface area (TPSA) is 39.9 Å². The summed E-state index contributed by atoms with van der Waals surface area (Å²) in [5.74, 6) is 1.36. The molecular formula is C13H11N3O. The molecule has 2 heterocycles. The molecule has 0 unspecified atom stereocenters. The minimum absolute atomic E-state index is 0.576. The summed E-state index contributed by atoms with van der Waals surface area (Å²) in [6.45, 7) is 0. The molecule has 0 saturated carbocycles. The zero-order valence-corrected chi connectivity index (χ0v) is 9.37. The standard InChI is InChI=1S/C13H11N3O/c1-16-9-14-11-7-8-12(15-13(11)16)17-10-5-3-2-4-6-10/h2-9H,1H3. The van der Waals surface area contributed by atoms with Crippen molar-refractivity contribution in [1.29, 1.82) is 0 Å². The van der Waals surface area contributed by atoms with Crippen molar-refractivity contribution in [3.63, 3.8) is 0 Å². The maximum absolute atomic E-state index is 5.66. The van der Waals surface area contributed by atoms with Crippen LogP contribution in [0.15, 0.2) is 48.8 Å². The molecule has 0 N–H and O–H groups in total. The molecule has 0 aliphatic rings. The molecule has 4 nitrogen and oxygen atoms in total. The first-order chi connectivity index (χ1) is 8.33. The number of pyridine rings is 1. The molecule has 2 aromatic heterocycles. The van der Waals surface area contributed by atoms with E-state index in [1.165, 1.54) is 0 Å². The number of hydrogen-bond acceptors (Lipinski definition) is 3. The van der Waals surface area contributed by atoms with Crippen molar-refractivity contribution in [2.75, 3.05) is 0 Å². The molecule has 0 fully saturated rings. The summed E-state index contributed by atoms with van der Waals surface area (Å²) in [4.78, 5) is 8.62. The van der Waals surface area contributed by atoms with Crippen molar-refractivity contribution in [2.45, 2.75) is 0 Å². The number of benzene rings is 1. The molecule has 17 heavy (non-hydrogen) atoms. The Balaban J connectivity index is 1.98. The number of ether oxygens (including phenoxy) is 1. The second-order valence-electron chi connectivity index (χ2n) is 3.76. The number of rotatable bonds is 2. The molecule has 0 spiro atoms. The Morgan fingerprint density at radius 1 is 1.06 bits per heavy atom. The van der Waals surface area contributed by atoms with Crippen molar-refractivity contribution in [2.24, 2.45) is 7.05 Å². The lowest BCUT2D eigenvalue weighted by Crippen LogP contribution is -1.91. The van der Waals surface area contributed by atoms with Crippen molar-refractivity contribution in [3.05, 3.63) is 48.8 Å². The van der Waals surface area contributed by atoms with Crippen molar-refractivity contribution in [3.8, 4) is 11.6 Å². The monoisotopic (exact) mass is 225 g/mol. The minimum Gasteiger partial charge on any atom is -0.439 e. The number of para-hydroxylation sites is 1. The van der Waals surface area contributed by atoms with Gasteiger partial charge in [0.25, 0.3) is 0 Å². The Morgan fingerprint density at radius 3 is 2.71 bits per heavy atom.